The number of nitrogen functional groups attached to an aromatic ring is 4. The van der Waals surface area contributed by atoms with E-state index < -0.39 is 11.7 Å². The van der Waals surface area contributed by atoms with Crippen molar-refractivity contribution in [1.82, 2.24) is 29.9 Å². The molecule has 2 heterocycles. The van der Waals surface area contributed by atoms with Crippen molar-refractivity contribution in [3.8, 4) is 0 Å². The van der Waals surface area contributed by atoms with Crippen molar-refractivity contribution < 1.29 is 19.1 Å². The molecule has 6 aromatic rings. The quantitative estimate of drug-likeness (QED) is 0.0736. The number of hydrogen-bond acceptors (Lipinski definition) is 14. The third kappa shape index (κ3) is 15.1. The fraction of sp³-hybridized carbons (Fsp3) is 0.119. The number of aryl methyl sites for hydroxylation is 1. The van der Waals surface area contributed by atoms with Gasteiger partial charge < -0.3 is 38.3 Å². The van der Waals surface area contributed by atoms with E-state index in [0.717, 1.165) is 20.4 Å². The molecule has 0 saturated heterocycles. The molecule has 6 rings (SSSR count). The van der Waals surface area contributed by atoms with Crippen LogP contribution in [-0.2, 0) is 4.74 Å². The number of carbonyl (C=O) groups excluding carboxylic acids is 3. The Bertz CT molecular complexity index is 2430. The summed E-state index contributed by atoms with van der Waals surface area (Å²) < 4.78 is 6.29. The highest BCUT2D eigenvalue weighted by molar-refractivity contribution is 14.1. The van der Waals surface area contributed by atoms with Gasteiger partial charge in [-0.1, -0.05) is 55.1 Å². The van der Waals surface area contributed by atoms with Crippen molar-refractivity contribution in [2.75, 3.05) is 38.9 Å². The third-order valence-corrected chi connectivity index (χ3v) is 8.18. The molecule has 11 N–H and O–H groups in total. The van der Waals surface area contributed by atoms with Crippen LogP contribution < -0.4 is 38.9 Å². The van der Waals surface area contributed by atoms with Gasteiger partial charge in [0.2, 0.25) is 23.8 Å². The van der Waals surface area contributed by atoms with Crippen molar-refractivity contribution in [2.45, 2.75) is 33.3 Å². The van der Waals surface area contributed by atoms with E-state index in [4.69, 9.17) is 27.7 Å². The summed E-state index contributed by atoms with van der Waals surface area (Å²) in [5.74, 6) is 0.726. The molecule has 0 atom stereocenters. The number of nitrogens with one attached hydrogen (secondary N) is 3. The molecule has 0 aliphatic rings. The number of halogens is 1. The molecule has 0 spiro atoms. The normalized spacial score (nSPS) is 10.6. The molecule has 308 valence electrons. The van der Waals surface area contributed by atoms with E-state index in [-0.39, 0.29) is 35.6 Å². The van der Waals surface area contributed by atoms with E-state index in [2.05, 4.69) is 75.0 Å². The Kier molecular flexibility index (Phi) is 16.1. The van der Waals surface area contributed by atoms with Crippen LogP contribution in [0.2, 0.25) is 0 Å². The van der Waals surface area contributed by atoms with Gasteiger partial charge in [0, 0.05) is 20.4 Å². The maximum absolute atomic E-state index is 12.3. The number of rotatable bonds is 8. The minimum Gasteiger partial charge on any atom is -0.444 e. The van der Waals surface area contributed by atoms with Gasteiger partial charge in [-0.15, -0.1) is 0 Å². The number of anilines is 7. The van der Waals surface area contributed by atoms with Crippen molar-refractivity contribution in [2.24, 2.45) is 0 Å². The first-order chi connectivity index (χ1) is 28.5. The molecule has 3 amide bonds. The highest BCUT2D eigenvalue weighted by Gasteiger charge is 2.18. The molecule has 60 heavy (non-hydrogen) atoms. The van der Waals surface area contributed by atoms with Crippen LogP contribution in [0.5, 0.6) is 0 Å². The molecule has 2 aromatic heterocycles. The maximum atomic E-state index is 12.3. The van der Waals surface area contributed by atoms with Crippen molar-refractivity contribution in [3.63, 3.8) is 0 Å². The van der Waals surface area contributed by atoms with E-state index in [9.17, 15) is 14.4 Å². The smallest absolute Gasteiger partial charge is 0.412 e. The van der Waals surface area contributed by atoms with Crippen molar-refractivity contribution in [3.05, 3.63) is 141 Å². The maximum Gasteiger partial charge on any atom is 0.412 e. The second-order valence-electron chi connectivity index (χ2n) is 13.4. The number of ether oxygens (including phenoxy) is 1. The number of nitrogens with two attached hydrogens (primary N) is 4. The van der Waals surface area contributed by atoms with Gasteiger partial charge in [-0.2, -0.15) is 29.9 Å². The number of aromatic nitrogens is 6. The Morgan fingerprint density at radius 3 is 1.52 bits per heavy atom. The van der Waals surface area contributed by atoms with Gasteiger partial charge in [-0.25, -0.2) is 4.79 Å². The van der Waals surface area contributed by atoms with Gasteiger partial charge in [0.05, 0.1) is 11.4 Å². The Morgan fingerprint density at radius 1 is 0.600 bits per heavy atom. The SMILES string of the molecule is C=Cc1nc(N)nc(N)n1.CC(C)(C)OC(=O)Nc1ccccc1NC(=O)c1ccc(I)cc1.Cc1ccccc1NC(=O)c1ccc(/C=C/c2nc(N)nc(N)n2)cc1. The number of carbonyl (C=O) groups is 3. The second-order valence-corrected chi connectivity index (χ2v) is 14.6. The summed E-state index contributed by atoms with van der Waals surface area (Å²) in [5, 5.41) is 8.36. The molecule has 0 saturated carbocycles. The van der Waals surface area contributed by atoms with Gasteiger partial charge in [0.15, 0.2) is 11.6 Å². The number of nitrogens with zero attached hydrogens (tertiary/aromatic N) is 6. The average Bonchev–Trinajstić information content (AvgIpc) is 3.18. The molecule has 0 radical (unpaired) electrons. The predicted molar refractivity (Wildman–Crippen MR) is 245 cm³/mol. The minimum atomic E-state index is -0.594. The summed E-state index contributed by atoms with van der Waals surface area (Å²) >= 11 is 2.18. The lowest BCUT2D eigenvalue weighted by Gasteiger charge is -2.20. The lowest BCUT2D eigenvalue weighted by Crippen LogP contribution is -2.27. The van der Waals surface area contributed by atoms with Crippen LogP contribution in [0, 0.1) is 10.5 Å². The lowest BCUT2D eigenvalue weighted by atomic mass is 10.1. The molecule has 18 heteroatoms. The largest absolute Gasteiger partial charge is 0.444 e. The number of hydrogen-bond donors (Lipinski definition) is 7. The Balaban J connectivity index is 0.000000216. The van der Waals surface area contributed by atoms with Gasteiger partial charge in [-0.05, 0) is 128 Å². The lowest BCUT2D eigenvalue weighted by molar-refractivity contribution is 0.0635. The fourth-order valence-electron chi connectivity index (χ4n) is 4.75. The van der Waals surface area contributed by atoms with Gasteiger partial charge >= 0.3 is 6.09 Å². The van der Waals surface area contributed by atoms with Crippen LogP contribution in [0.15, 0.2) is 104 Å². The summed E-state index contributed by atoms with van der Waals surface area (Å²) in [4.78, 5) is 59.3. The van der Waals surface area contributed by atoms with E-state index in [0.29, 0.717) is 34.2 Å². The Morgan fingerprint density at radius 2 is 1.03 bits per heavy atom. The molecule has 4 aromatic carbocycles. The molecular formula is C42H44IN13O4. The highest BCUT2D eigenvalue weighted by Crippen LogP contribution is 2.23. The van der Waals surface area contributed by atoms with Crippen molar-refractivity contribution >= 4 is 99.6 Å². The number of para-hydroxylation sites is 3. The fourth-order valence-corrected chi connectivity index (χ4v) is 5.11. The summed E-state index contributed by atoms with van der Waals surface area (Å²) in [5.41, 5.74) is 25.8. The second kappa shape index (κ2) is 21.3. The Hall–Kier alpha value is -7.48. The van der Waals surface area contributed by atoms with Gasteiger partial charge in [0.1, 0.15) is 5.60 Å². The molecule has 0 aliphatic carbocycles. The molecule has 0 fully saturated rings. The molecule has 0 aliphatic heterocycles. The first kappa shape index (κ1) is 45.2. The van der Waals surface area contributed by atoms with E-state index in [1.54, 1.807) is 81.5 Å². The summed E-state index contributed by atoms with van der Waals surface area (Å²) in [6.45, 7) is 10.8. The zero-order chi connectivity index (χ0) is 43.8. The summed E-state index contributed by atoms with van der Waals surface area (Å²) in [7, 11) is 0. The summed E-state index contributed by atoms with van der Waals surface area (Å²) in [6.07, 6.45) is 4.36. The third-order valence-electron chi connectivity index (χ3n) is 7.47. The molecule has 17 nitrogen and oxygen atoms in total. The Labute approximate surface area is 360 Å². The standard InChI is InChI=1S/C19H18N6O.C18H19IN2O3.C5H7N5/c1-12-4-2-3-5-15(12)22-17(26)14-9-6-13(7-10-14)8-11-16-23-18(20)25-19(21)24-16;1-18(2,3)24-17(23)21-15-7-5-4-6-14(15)20-16(22)12-8-10-13(19)11-9-12;1-2-3-8-4(6)10-5(7)9-3/h2-11H,1H3,(H,22,26)(H4,20,21,23,24,25);4-11H,1-3H3,(H,20,22)(H,21,23);2H,1H2,(H4,6,7,8,9,10)/b11-8+;;. The van der Waals surface area contributed by atoms with E-state index >= 15 is 0 Å². The van der Waals surface area contributed by atoms with E-state index in [1.165, 1.54) is 6.08 Å². The first-order valence-corrected chi connectivity index (χ1v) is 19.0. The van der Waals surface area contributed by atoms with Crippen LogP contribution in [0.4, 0.5) is 45.7 Å². The van der Waals surface area contributed by atoms with Crippen LogP contribution in [0.1, 0.15) is 64.3 Å². The zero-order valence-electron chi connectivity index (χ0n) is 33.2. The van der Waals surface area contributed by atoms with Gasteiger partial charge in [0.25, 0.3) is 11.8 Å². The first-order valence-electron chi connectivity index (χ1n) is 18.0. The van der Waals surface area contributed by atoms with Gasteiger partial charge in [-0.3, -0.25) is 14.9 Å². The minimum absolute atomic E-state index is 0.0698. The van der Waals surface area contributed by atoms with Crippen LogP contribution in [0.3, 0.4) is 0 Å². The van der Waals surface area contributed by atoms with Crippen LogP contribution in [-0.4, -0.2) is 53.4 Å². The number of benzene rings is 4. The average molecular weight is 922 g/mol. The van der Waals surface area contributed by atoms with Crippen LogP contribution in [0.25, 0.3) is 18.2 Å². The molecular weight excluding hydrogens is 877 g/mol. The monoisotopic (exact) mass is 921 g/mol. The van der Waals surface area contributed by atoms with Crippen LogP contribution >= 0.6 is 22.6 Å². The van der Waals surface area contributed by atoms with Crippen molar-refractivity contribution in [1.29, 1.82) is 0 Å². The topological polar surface area (TPSA) is 278 Å². The molecule has 0 unspecified atom stereocenters. The summed E-state index contributed by atoms with van der Waals surface area (Å²) in [6, 6.07) is 29.0. The number of amides is 3. The predicted octanol–water partition coefficient (Wildman–Crippen LogP) is 7.34. The highest BCUT2D eigenvalue weighted by atomic mass is 127. The van der Waals surface area contributed by atoms with E-state index in [1.807, 2.05) is 55.5 Å². The molecule has 0 bridgehead atoms. The zero-order valence-corrected chi connectivity index (χ0v) is 35.3.